The highest BCUT2D eigenvalue weighted by Gasteiger charge is 2.42. The van der Waals surface area contributed by atoms with E-state index >= 15 is 0 Å². The summed E-state index contributed by atoms with van der Waals surface area (Å²) in [4.78, 5) is 112. The highest BCUT2D eigenvalue weighted by atomic mass is 32.2. The van der Waals surface area contributed by atoms with E-state index in [1.807, 2.05) is 0 Å². The van der Waals surface area contributed by atoms with Crippen molar-refractivity contribution in [2.75, 3.05) is 96.6 Å². The van der Waals surface area contributed by atoms with Crippen LogP contribution >= 0.6 is 0 Å². The molecule has 27 heteroatoms. The number of primary amides is 1. The lowest BCUT2D eigenvalue weighted by Crippen LogP contribution is -2.61. The summed E-state index contributed by atoms with van der Waals surface area (Å²) in [6, 6.07) is 4.20. The van der Waals surface area contributed by atoms with Crippen LogP contribution in [0, 0.1) is 5.92 Å². The van der Waals surface area contributed by atoms with Gasteiger partial charge in [-0.2, -0.15) is 16.8 Å². The normalized spacial score (nSPS) is 16.9. The van der Waals surface area contributed by atoms with Crippen molar-refractivity contribution >= 4 is 67.6 Å². The van der Waals surface area contributed by atoms with Crippen LogP contribution in [-0.2, 0) is 79.2 Å². The van der Waals surface area contributed by atoms with E-state index < -0.39 is 120 Å². The zero-order valence-corrected chi connectivity index (χ0v) is 44.3. The van der Waals surface area contributed by atoms with E-state index in [2.05, 4.69) is 16.0 Å². The Bertz CT molecular complexity index is 2220. The van der Waals surface area contributed by atoms with Gasteiger partial charge in [-0.05, 0) is 67.9 Å². The predicted octanol–water partition coefficient (Wildman–Crippen LogP) is -1.99. The van der Waals surface area contributed by atoms with Crippen LogP contribution in [0.4, 0.5) is 0 Å². The Kier molecular flexibility index (Phi) is 24.3. The van der Waals surface area contributed by atoms with Crippen molar-refractivity contribution < 1.29 is 78.5 Å². The second-order valence-corrected chi connectivity index (χ2v) is 23.3. The van der Waals surface area contributed by atoms with Crippen LogP contribution < -0.4 is 21.7 Å². The molecular formula is C45H74N8O17S2. The molecule has 0 aromatic heterocycles. The van der Waals surface area contributed by atoms with Gasteiger partial charge in [0.2, 0.25) is 23.5 Å². The monoisotopic (exact) mass is 1060 g/mol. The van der Waals surface area contributed by atoms with Gasteiger partial charge in [0.05, 0.1) is 31.3 Å². The summed E-state index contributed by atoms with van der Waals surface area (Å²) < 4.78 is 86.2. The maximum atomic E-state index is 14.3. The average molecular weight is 1060 g/mol. The molecule has 72 heavy (non-hydrogen) atoms. The molecule has 0 saturated carbocycles. The summed E-state index contributed by atoms with van der Waals surface area (Å²) in [5.41, 5.74) is 3.91. The molecule has 4 amide bonds. The van der Waals surface area contributed by atoms with Crippen LogP contribution in [-0.4, -0.2) is 218 Å². The topological polar surface area (TPSA) is 348 Å². The predicted molar refractivity (Wildman–Crippen MR) is 261 cm³/mol. The molecule has 0 aliphatic carbocycles. The molecule has 408 valence electrons. The standard InChI is InChI=1S/C45H74N8O17S2/c1-43(2,3)68-35(55)26-50-17-19-51(27-36(56)69-44(4,5)6)21-23-53(24-22-52(20-18-50)28-37(57)70-45(7,8)9)38(39(46)58)32(29-71(62,63)64)40(59)49-33(30-72(65,66)67)41(60)47-15-16-48-42(61)34(54)25-31-13-11-10-12-14-31/h10-14,32-33,38H,15-30H2,1-9H3,(H2,46,58)(H,47,60)(H,48,61)(H,49,59)(H,62,63,64)(H,65,66,67)/t32-,33+,38?/m1/s1. The number of ether oxygens (including phenoxy) is 3. The first-order valence-electron chi connectivity index (χ1n) is 23.2. The zero-order valence-electron chi connectivity index (χ0n) is 42.6. The molecule has 1 aliphatic rings. The number of esters is 3. The van der Waals surface area contributed by atoms with Gasteiger partial charge in [0.1, 0.15) is 34.6 Å². The number of Topliss-reactive ketones (excluding diaryl/α,β-unsaturated/α-hetero) is 1. The van der Waals surface area contributed by atoms with E-state index in [0.717, 1.165) is 0 Å². The quantitative estimate of drug-likeness (QED) is 0.0241. The lowest BCUT2D eigenvalue weighted by atomic mass is 9.97. The zero-order chi connectivity index (χ0) is 54.8. The molecule has 1 aromatic carbocycles. The Labute approximate surface area is 422 Å². The van der Waals surface area contributed by atoms with Crippen LogP contribution in [0.2, 0.25) is 0 Å². The van der Waals surface area contributed by atoms with Gasteiger partial charge in [0.15, 0.2) is 0 Å². The van der Waals surface area contributed by atoms with E-state index in [1.54, 1.807) is 107 Å². The van der Waals surface area contributed by atoms with E-state index in [1.165, 1.54) is 4.90 Å². The maximum Gasteiger partial charge on any atom is 0.320 e. The molecule has 0 bridgehead atoms. The number of benzene rings is 1. The Balaban J connectivity index is 2.57. The van der Waals surface area contributed by atoms with Crippen molar-refractivity contribution in [3.8, 4) is 0 Å². The van der Waals surface area contributed by atoms with Gasteiger partial charge < -0.3 is 35.9 Å². The summed E-state index contributed by atoms with van der Waals surface area (Å²) in [5.74, 6) is -12.9. The molecule has 0 spiro atoms. The fourth-order valence-electron chi connectivity index (χ4n) is 7.26. The third kappa shape index (κ3) is 27.0. The van der Waals surface area contributed by atoms with Crippen LogP contribution in [0.1, 0.15) is 67.9 Å². The third-order valence-corrected chi connectivity index (χ3v) is 11.7. The molecule has 0 radical (unpaired) electrons. The Morgan fingerprint density at radius 3 is 1.36 bits per heavy atom. The highest BCUT2D eigenvalue weighted by Crippen LogP contribution is 2.18. The number of hydrogen-bond donors (Lipinski definition) is 6. The fraction of sp³-hybridized carbons (Fsp3) is 0.689. The number of nitrogens with zero attached hydrogens (tertiary/aromatic N) is 4. The summed E-state index contributed by atoms with van der Waals surface area (Å²) in [6.45, 7) is 13.1. The number of ketones is 1. The molecule has 1 aromatic rings. The van der Waals surface area contributed by atoms with Crippen molar-refractivity contribution in [2.45, 2.75) is 97.6 Å². The molecule has 2 rings (SSSR count). The first-order valence-corrected chi connectivity index (χ1v) is 26.4. The van der Waals surface area contributed by atoms with E-state index in [-0.39, 0.29) is 85.0 Å². The highest BCUT2D eigenvalue weighted by molar-refractivity contribution is 7.86. The fourth-order valence-corrected chi connectivity index (χ4v) is 8.70. The van der Waals surface area contributed by atoms with Crippen molar-refractivity contribution in [1.82, 2.24) is 35.6 Å². The third-order valence-electron chi connectivity index (χ3n) is 10.2. The lowest BCUT2D eigenvalue weighted by Gasteiger charge is -2.38. The Morgan fingerprint density at radius 1 is 0.597 bits per heavy atom. The van der Waals surface area contributed by atoms with Crippen molar-refractivity contribution in [2.24, 2.45) is 11.7 Å². The number of nitrogens with two attached hydrogens (primary N) is 1. The van der Waals surface area contributed by atoms with E-state index in [9.17, 15) is 64.3 Å². The Morgan fingerprint density at radius 2 is 0.986 bits per heavy atom. The number of carbonyl (C=O) groups excluding carboxylic acids is 8. The largest absolute Gasteiger partial charge is 0.459 e. The lowest BCUT2D eigenvalue weighted by molar-refractivity contribution is -0.158. The molecule has 25 nitrogen and oxygen atoms in total. The first-order chi connectivity index (χ1) is 33.0. The minimum atomic E-state index is -5.20. The SMILES string of the molecule is CC(C)(C)OC(=O)CN1CCN(CC(=O)OC(C)(C)C)CCN(C(C(N)=O)[C@@H](CS(=O)(=O)O)C(=O)N[C@@H](CS(=O)(=O)O)C(=O)NCCNC(=O)C(=O)Cc2ccccc2)CCN(CC(=O)OC(C)(C)C)CC1. The van der Waals surface area contributed by atoms with Gasteiger partial charge in [-0.25, -0.2) is 0 Å². The second kappa shape index (κ2) is 27.8. The van der Waals surface area contributed by atoms with Gasteiger partial charge in [-0.15, -0.1) is 0 Å². The van der Waals surface area contributed by atoms with Gasteiger partial charge in [0, 0.05) is 71.9 Å². The van der Waals surface area contributed by atoms with Crippen molar-refractivity contribution in [3.05, 3.63) is 35.9 Å². The van der Waals surface area contributed by atoms with Crippen molar-refractivity contribution in [3.63, 3.8) is 0 Å². The Hall–Kier alpha value is -5.16. The van der Waals surface area contributed by atoms with Crippen LogP contribution in [0.5, 0.6) is 0 Å². The van der Waals surface area contributed by atoms with Crippen LogP contribution in [0.3, 0.4) is 0 Å². The summed E-state index contributed by atoms with van der Waals surface area (Å²) in [7, 11) is -10.3. The number of nitrogens with one attached hydrogen (secondary N) is 3. The van der Waals surface area contributed by atoms with Gasteiger partial charge in [-0.1, -0.05) is 30.3 Å². The number of carbonyl (C=O) groups is 8. The molecule has 1 aliphatic heterocycles. The minimum absolute atomic E-state index is 0.0816. The number of amides is 4. The summed E-state index contributed by atoms with van der Waals surface area (Å²) in [5, 5.41) is 6.59. The van der Waals surface area contributed by atoms with Crippen molar-refractivity contribution in [1.29, 1.82) is 0 Å². The molecule has 1 heterocycles. The maximum absolute atomic E-state index is 14.3. The van der Waals surface area contributed by atoms with Gasteiger partial charge in [-0.3, -0.25) is 67.1 Å². The summed E-state index contributed by atoms with van der Waals surface area (Å²) >= 11 is 0. The second-order valence-electron chi connectivity index (χ2n) is 20.3. The molecule has 1 unspecified atom stereocenters. The van der Waals surface area contributed by atoms with Crippen LogP contribution in [0.15, 0.2) is 30.3 Å². The smallest absolute Gasteiger partial charge is 0.320 e. The van der Waals surface area contributed by atoms with Gasteiger partial charge in [0.25, 0.3) is 26.1 Å². The summed E-state index contributed by atoms with van der Waals surface area (Å²) in [6.07, 6.45) is -0.221. The first kappa shape index (κ1) is 63.0. The molecule has 1 fully saturated rings. The molecule has 3 atom stereocenters. The number of rotatable bonds is 22. The molecule has 1 saturated heterocycles. The van der Waals surface area contributed by atoms with Gasteiger partial charge >= 0.3 is 17.9 Å². The molecule has 7 N–H and O–H groups in total. The average Bonchev–Trinajstić information content (AvgIpc) is 3.19. The van der Waals surface area contributed by atoms with E-state index in [0.29, 0.717) is 5.56 Å². The molecular weight excluding hydrogens is 989 g/mol. The minimum Gasteiger partial charge on any atom is -0.459 e. The number of hydrogen-bond acceptors (Lipinski definition) is 19. The van der Waals surface area contributed by atoms with E-state index in [4.69, 9.17) is 19.9 Å². The van der Waals surface area contributed by atoms with Crippen LogP contribution in [0.25, 0.3) is 0 Å².